The van der Waals surface area contributed by atoms with Gasteiger partial charge >= 0.3 is 0 Å². The van der Waals surface area contributed by atoms with Crippen LogP contribution in [-0.4, -0.2) is 11.2 Å². The van der Waals surface area contributed by atoms with Crippen LogP contribution in [0.3, 0.4) is 0 Å². The summed E-state index contributed by atoms with van der Waals surface area (Å²) in [6.45, 7) is 2.17. The fraction of sp³-hybridized carbons (Fsp3) is 0.300. The molecule has 0 fully saturated rings. The molecule has 0 aromatic rings. The zero-order valence-electron chi connectivity index (χ0n) is 7.14. The Bertz CT molecular complexity index is 284. The summed E-state index contributed by atoms with van der Waals surface area (Å²) in [5.41, 5.74) is 1.18. The Labute approximate surface area is 72.6 Å². The van der Waals surface area contributed by atoms with Crippen molar-refractivity contribution in [2.24, 2.45) is 11.0 Å². The molecular formula is C10H12N2. The van der Waals surface area contributed by atoms with Crippen molar-refractivity contribution in [2.75, 3.05) is 0 Å². The molecule has 2 nitrogen and oxygen atoms in total. The maximum absolute atomic E-state index is 4.33. The van der Waals surface area contributed by atoms with Gasteiger partial charge in [-0.1, -0.05) is 19.1 Å². The van der Waals surface area contributed by atoms with E-state index in [1.54, 1.807) is 0 Å². The van der Waals surface area contributed by atoms with Crippen molar-refractivity contribution in [3.63, 3.8) is 0 Å². The summed E-state index contributed by atoms with van der Waals surface area (Å²) >= 11 is 0. The molecule has 0 spiro atoms. The van der Waals surface area contributed by atoms with E-state index in [0.717, 1.165) is 6.42 Å². The van der Waals surface area contributed by atoms with Crippen molar-refractivity contribution in [3.05, 3.63) is 36.2 Å². The van der Waals surface area contributed by atoms with Gasteiger partial charge in [0, 0.05) is 12.4 Å². The predicted molar refractivity (Wildman–Crippen MR) is 50.5 cm³/mol. The Morgan fingerprint density at radius 3 is 3.33 bits per heavy atom. The Morgan fingerprint density at radius 1 is 1.50 bits per heavy atom. The number of nitrogens with zero attached hydrogens (tertiary/aromatic N) is 2. The number of allylic oxidation sites excluding steroid dienone is 4. The van der Waals surface area contributed by atoms with Crippen molar-refractivity contribution >= 4 is 6.21 Å². The van der Waals surface area contributed by atoms with E-state index in [1.807, 2.05) is 29.6 Å². The fourth-order valence-corrected chi connectivity index (χ4v) is 1.27. The van der Waals surface area contributed by atoms with E-state index in [-0.39, 0.29) is 0 Å². The van der Waals surface area contributed by atoms with Crippen LogP contribution >= 0.6 is 0 Å². The average molecular weight is 160 g/mol. The number of hydrogen-bond donors (Lipinski definition) is 0. The summed E-state index contributed by atoms with van der Waals surface area (Å²) in [6.07, 6.45) is 13.4. The third-order valence-electron chi connectivity index (χ3n) is 2.01. The van der Waals surface area contributed by atoms with Gasteiger partial charge in [-0.15, -0.1) is 0 Å². The highest BCUT2D eigenvalue weighted by Gasteiger charge is 2.08. The van der Waals surface area contributed by atoms with Gasteiger partial charge in [-0.2, -0.15) is 5.10 Å². The van der Waals surface area contributed by atoms with Crippen molar-refractivity contribution < 1.29 is 0 Å². The maximum Gasteiger partial charge on any atom is 0.0605 e. The fourth-order valence-electron chi connectivity index (χ4n) is 1.27. The summed E-state index contributed by atoms with van der Waals surface area (Å²) in [5.74, 6) is 0.546. The van der Waals surface area contributed by atoms with Gasteiger partial charge in [-0.05, 0) is 24.5 Å². The second kappa shape index (κ2) is 2.97. The minimum absolute atomic E-state index is 0.546. The Hall–Kier alpha value is -1.31. The Balaban J connectivity index is 2.29. The highest BCUT2D eigenvalue weighted by molar-refractivity contribution is 5.61. The minimum atomic E-state index is 0.546. The maximum atomic E-state index is 4.33. The summed E-state index contributed by atoms with van der Waals surface area (Å²) in [5, 5.41) is 6.23. The Kier molecular flexibility index (Phi) is 1.82. The van der Waals surface area contributed by atoms with Gasteiger partial charge in [-0.3, -0.25) is 0 Å². The first-order valence-corrected chi connectivity index (χ1v) is 4.24. The largest absolute Gasteiger partial charge is 0.242 e. The molecule has 0 aromatic heterocycles. The van der Waals surface area contributed by atoms with E-state index in [0.29, 0.717) is 5.92 Å². The van der Waals surface area contributed by atoms with Crippen LogP contribution in [0.25, 0.3) is 0 Å². The van der Waals surface area contributed by atoms with E-state index in [9.17, 15) is 0 Å². The second-order valence-corrected chi connectivity index (χ2v) is 3.15. The van der Waals surface area contributed by atoms with Gasteiger partial charge in [0.2, 0.25) is 0 Å². The van der Waals surface area contributed by atoms with Crippen LogP contribution in [0.5, 0.6) is 0 Å². The topological polar surface area (TPSA) is 15.6 Å². The van der Waals surface area contributed by atoms with Gasteiger partial charge in [0.1, 0.15) is 0 Å². The van der Waals surface area contributed by atoms with Gasteiger partial charge in [0.15, 0.2) is 0 Å². The third kappa shape index (κ3) is 1.33. The van der Waals surface area contributed by atoms with Crippen molar-refractivity contribution in [1.29, 1.82) is 0 Å². The number of rotatable bonds is 0. The average Bonchev–Trinajstić information content (AvgIpc) is 2.29. The molecule has 0 aliphatic carbocycles. The van der Waals surface area contributed by atoms with Crippen LogP contribution < -0.4 is 0 Å². The quantitative estimate of drug-likeness (QED) is 0.530. The molecule has 1 unspecified atom stereocenters. The van der Waals surface area contributed by atoms with Crippen LogP contribution in [0.1, 0.15) is 13.3 Å². The van der Waals surface area contributed by atoms with E-state index in [1.165, 1.54) is 5.70 Å². The lowest BCUT2D eigenvalue weighted by Crippen LogP contribution is -2.08. The van der Waals surface area contributed by atoms with Crippen LogP contribution in [0.2, 0.25) is 0 Å². The van der Waals surface area contributed by atoms with Crippen molar-refractivity contribution in [1.82, 2.24) is 5.01 Å². The highest BCUT2D eigenvalue weighted by Crippen LogP contribution is 2.18. The zero-order valence-corrected chi connectivity index (χ0v) is 7.14. The second-order valence-electron chi connectivity index (χ2n) is 3.15. The van der Waals surface area contributed by atoms with Gasteiger partial charge in [0.05, 0.1) is 5.70 Å². The molecule has 0 aromatic carbocycles. The molecule has 0 amide bonds. The van der Waals surface area contributed by atoms with Gasteiger partial charge in [-0.25, -0.2) is 5.01 Å². The molecule has 2 aliphatic rings. The summed E-state index contributed by atoms with van der Waals surface area (Å²) < 4.78 is 0. The number of hydrogen-bond acceptors (Lipinski definition) is 2. The van der Waals surface area contributed by atoms with E-state index < -0.39 is 0 Å². The molecule has 0 saturated heterocycles. The molecule has 2 aliphatic heterocycles. The molecule has 1 atom stereocenters. The monoisotopic (exact) mass is 160 g/mol. The van der Waals surface area contributed by atoms with Crippen molar-refractivity contribution in [3.8, 4) is 0 Å². The summed E-state index contributed by atoms with van der Waals surface area (Å²) in [4.78, 5) is 0. The molecule has 0 radical (unpaired) electrons. The number of fused-ring (bicyclic) bond motifs is 1. The first-order valence-electron chi connectivity index (χ1n) is 4.24. The Morgan fingerprint density at radius 2 is 2.42 bits per heavy atom. The summed E-state index contributed by atoms with van der Waals surface area (Å²) in [7, 11) is 0. The van der Waals surface area contributed by atoms with Crippen LogP contribution in [-0.2, 0) is 0 Å². The SMILES string of the molecule is CC1C=NN2C=CC=CC2=CC1. The molecule has 0 bridgehead atoms. The van der Waals surface area contributed by atoms with Gasteiger partial charge in [0.25, 0.3) is 0 Å². The van der Waals surface area contributed by atoms with Crippen LogP contribution in [0, 0.1) is 5.92 Å². The molecular weight excluding hydrogens is 148 g/mol. The third-order valence-corrected chi connectivity index (χ3v) is 2.01. The van der Waals surface area contributed by atoms with Gasteiger partial charge < -0.3 is 0 Å². The highest BCUT2D eigenvalue weighted by atomic mass is 15.4. The number of hydrazone groups is 1. The first kappa shape index (κ1) is 7.35. The smallest absolute Gasteiger partial charge is 0.0605 e. The predicted octanol–water partition coefficient (Wildman–Crippen LogP) is 2.28. The minimum Gasteiger partial charge on any atom is -0.242 e. The first-order chi connectivity index (χ1) is 5.86. The molecule has 12 heavy (non-hydrogen) atoms. The molecule has 62 valence electrons. The molecule has 0 saturated carbocycles. The summed E-state index contributed by atoms with van der Waals surface area (Å²) in [6, 6.07) is 0. The normalized spacial score (nSPS) is 26.6. The van der Waals surface area contributed by atoms with Crippen LogP contribution in [0.15, 0.2) is 41.3 Å². The molecule has 2 heteroatoms. The van der Waals surface area contributed by atoms with Crippen molar-refractivity contribution in [2.45, 2.75) is 13.3 Å². The molecule has 0 N–H and O–H groups in total. The lowest BCUT2D eigenvalue weighted by molar-refractivity contribution is 0.513. The van der Waals surface area contributed by atoms with E-state index in [4.69, 9.17) is 0 Å². The molecule has 2 rings (SSSR count). The van der Waals surface area contributed by atoms with E-state index in [2.05, 4.69) is 24.2 Å². The van der Waals surface area contributed by atoms with E-state index >= 15 is 0 Å². The molecule has 2 heterocycles. The standard InChI is InChI=1S/C10H12N2/c1-9-5-6-10-4-2-3-7-12(10)11-8-9/h2-4,6-9H,5H2,1H3. The lowest BCUT2D eigenvalue weighted by Gasteiger charge is -2.15. The lowest BCUT2D eigenvalue weighted by atomic mass is 10.1. The zero-order chi connectivity index (χ0) is 8.39. The van der Waals surface area contributed by atoms with Crippen LogP contribution in [0.4, 0.5) is 0 Å².